The van der Waals surface area contributed by atoms with E-state index in [9.17, 15) is 8.42 Å². The Hall–Kier alpha value is -1.09. The third-order valence-corrected chi connectivity index (χ3v) is 4.49. The van der Waals surface area contributed by atoms with Crippen LogP contribution in [0.2, 0.25) is 0 Å². The first-order valence-corrected chi connectivity index (χ1v) is 7.69. The maximum absolute atomic E-state index is 12.0. The number of rotatable bonds is 7. The minimum atomic E-state index is -3.42. The van der Waals surface area contributed by atoms with Gasteiger partial charge in [-0.3, -0.25) is 0 Å². The van der Waals surface area contributed by atoms with Crippen molar-refractivity contribution in [3.63, 3.8) is 0 Å². The molecular formula is C12H15ClN2O2S. The van der Waals surface area contributed by atoms with Crippen molar-refractivity contribution in [2.45, 2.75) is 13.0 Å². The number of nitriles is 1. The van der Waals surface area contributed by atoms with Crippen LogP contribution in [0.25, 0.3) is 0 Å². The van der Waals surface area contributed by atoms with Gasteiger partial charge in [0.2, 0.25) is 10.0 Å². The van der Waals surface area contributed by atoms with E-state index in [0.29, 0.717) is 12.3 Å². The average Bonchev–Trinajstić information content (AvgIpc) is 2.37. The van der Waals surface area contributed by atoms with Crippen LogP contribution in [0.1, 0.15) is 12.0 Å². The summed E-state index contributed by atoms with van der Waals surface area (Å²) in [6.07, 6.45) is 0.389. The van der Waals surface area contributed by atoms with Gasteiger partial charge in [-0.2, -0.15) is 9.57 Å². The molecular weight excluding hydrogens is 272 g/mol. The molecule has 4 nitrogen and oxygen atoms in total. The van der Waals surface area contributed by atoms with Crippen LogP contribution in [-0.4, -0.2) is 30.9 Å². The molecule has 0 N–H and O–H groups in total. The van der Waals surface area contributed by atoms with Crippen molar-refractivity contribution < 1.29 is 8.42 Å². The topological polar surface area (TPSA) is 61.2 Å². The van der Waals surface area contributed by atoms with Crippen LogP contribution in [0.4, 0.5) is 0 Å². The monoisotopic (exact) mass is 286 g/mol. The Morgan fingerprint density at radius 1 is 1.28 bits per heavy atom. The van der Waals surface area contributed by atoms with Gasteiger partial charge in [0, 0.05) is 12.4 Å². The Morgan fingerprint density at radius 3 is 2.50 bits per heavy atom. The standard InChI is InChI=1S/C12H15ClN2O2S/c13-7-4-10-18(16,17)15(9-8-14)11-12-5-2-1-3-6-12/h1-3,5-6H,4,7,9-11H2. The fourth-order valence-corrected chi connectivity index (χ4v) is 3.14. The molecule has 98 valence electrons. The van der Waals surface area contributed by atoms with Crippen LogP contribution in [0.3, 0.4) is 0 Å². The Bertz CT molecular complexity index is 497. The van der Waals surface area contributed by atoms with E-state index in [1.807, 2.05) is 36.4 Å². The van der Waals surface area contributed by atoms with Gasteiger partial charge in [-0.05, 0) is 12.0 Å². The van der Waals surface area contributed by atoms with Crippen LogP contribution in [0, 0.1) is 11.3 Å². The second-order valence-electron chi connectivity index (χ2n) is 3.77. The van der Waals surface area contributed by atoms with Gasteiger partial charge in [-0.25, -0.2) is 8.42 Å². The van der Waals surface area contributed by atoms with Crippen molar-refractivity contribution in [1.29, 1.82) is 5.26 Å². The predicted octanol–water partition coefficient (Wildman–Crippen LogP) is 1.97. The molecule has 0 unspecified atom stereocenters. The van der Waals surface area contributed by atoms with Gasteiger partial charge < -0.3 is 0 Å². The zero-order valence-corrected chi connectivity index (χ0v) is 11.5. The van der Waals surface area contributed by atoms with Crippen LogP contribution in [0.5, 0.6) is 0 Å². The number of halogens is 1. The number of benzene rings is 1. The number of alkyl halides is 1. The maximum atomic E-state index is 12.0. The highest BCUT2D eigenvalue weighted by Gasteiger charge is 2.21. The largest absolute Gasteiger partial charge is 0.215 e. The van der Waals surface area contributed by atoms with Crippen molar-refractivity contribution in [2.24, 2.45) is 0 Å². The molecule has 0 fully saturated rings. The lowest BCUT2D eigenvalue weighted by molar-refractivity contribution is 0.441. The van der Waals surface area contributed by atoms with Crippen molar-refractivity contribution in [3.8, 4) is 6.07 Å². The molecule has 0 aliphatic rings. The predicted molar refractivity (Wildman–Crippen MR) is 71.6 cm³/mol. The second-order valence-corrected chi connectivity index (χ2v) is 6.24. The molecule has 0 amide bonds. The zero-order chi connectivity index (χ0) is 13.4. The van der Waals surface area contributed by atoms with Gasteiger partial charge in [0.1, 0.15) is 6.54 Å². The number of hydrogen-bond donors (Lipinski definition) is 0. The van der Waals surface area contributed by atoms with Crippen molar-refractivity contribution in [3.05, 3.63) is 35.9 Å². The SMILES string of the molecule is N#CCN(Cc1ccccc1)S(=O)(=O)CCCCl. The smallest absolute Gasteiger partial charge is 0.212 e. The first kappa shape index (κ1) is 15.0. The molecule has 0 bridgehead atoms. The van der Waals surface area contributed by atoms with Crippen molar-refractivity contribution >= 4 is 21.6 Å². The van der Waals surface area contributed by atoms with Crippen LogP contribution in [-0.2, 0) is 16.6 Å². The van der Waals surface area contributed by atoms with Crippen LogP contribution in [0.15, 0.2) is 30.3 Å². The average molecular weight is 287 g/mol. The molecule has 0 spiro atoms. The molecule has 0 heterocycles. The summed E-state index contributed by atoms with van der Waals surface area (Å²) in [4.78, 5) is 0. The van der Waals surface area contributed by atoms with E-state index in [1.165, 1.54) is 4.31 Å². The summed E-state index contributed by atoms with van der Waals surface area (Å²) in [7, 11) is -3.42. The van der Waals surface area contributed by atoms with E-state index in [1.54, 1.807) is 0 Å². The van der Waals surface area contributed by atoms with E-state index in [0.717, 1.165) is 5.56 Å². The van der Waals surface area contributed by atoms with E-state index < -0.39 is 10.0 Å². The van der Waals surface area contributed by atoms with Gasteiger partial charge >= 0.3 is 0 Å². The second kappa shape index (κ2) is 7.37. The van der Waals surface area contributed by atoms with Crippen molar-refractivity contribution in [1.82, 2.24) is 4.31 Å². The molecule has 0 aliphatic carbocycles. The van der Waals surface area contributed by atoms with E-state index in [-0.39, 0.29) is 18.8 Å². The molecule has 0 saturated carbocycles. The highest BCUT2D eigenvalue weighted by Crippen LogP contribution is 2.10. The summed E-state index contributed by atoms with van der Waals surface area (Å²) in [5, 5.41) is 8.72. The summed E-state index contributed by atoms with van der Waals surface area (Å²) in [5.41, 5.74) is 0.863. The van der Waals surface area contributed by atoms with Gasteiger partial charge in [0.25, 0.3) is 0 Å². The minimum absolute atomic E-state index is 0.0228. The van der Waals surface area contributed by atoms with E-state index >= 15 is 0 Å². The quantitative estimate of drug-likeness (QED) is 0.569. The Kier molecular flexibility index (Phi) is 6.13. The summed E-state index contributed by atoms with van der Waals surface area (Å²) < 4.78 is 25.2. The highest BCUT2D eigenvalue weighted by molar-refractivity contribution is 7.89. The number of hydrogen-bond acceptors (Lipinski definition) is 3. The minimum Gasteiger partial charge on any atom is -0.212 e. The Labute approximate surface area is 113 Å². The first-order valence-electron chi connectivity index (χ1n) is 5.55. The van der Waals surface area contributed by atoms with Crippen LogP contribution >= 0.6 is 11.6 Å². The summed E-state index contributed by atoms with van der Waals surface area (Å²) >= 11 is 5.50. The first-order chi connectivity index (χ1) is 8.60. The number of nitrogens with zero attached hydrogens (tertiary/aromatic N) is 2. The number of sulfonamides is 1. The lowest BCUT2D eigenvalue weighted by Crippen LogP contribution is -2.33. The molecule has 1 rings (SSSR count). The van der Waals surface area contributed by atoms with Gasteiger partial charge in [0.05, 0.1) is 11.8 Å². The maximum Gasteiger partial charge on any atom is 0.215 e. The normalized spacial score (nSPS) is 11.4. The molecule has 1 aromatic carbocycles. The lowest BCUT2D eigenvalue weighted by Gasteiger charge is -2.19. The molecule has 6 heteroatoms. The molecule has 0 aliphatic heterocycles. The highest BCUT2D eigenvalue weighted by atomic mass is 35.5. The third kappa shape index (κ3) is 4.65. The molecule has 18 heavy (non-hydrogen) atoms. The molecule has 0 atom stereocenters. The van der Waals surface area contributed by atoms with Gasteiger partial charge in [-0.1, -0.05) is 30.3 Å². The van der Waals surface area contributed by atoms with Crippen LogP contribution < -0.4 is 0 Å². The van der Waals surface area contributed by atoms with E-state index in [2.05, 4.69) is 0 Å². The van der Waals surface area contributed by atoms with Gasteiger partial charge in [-0.15, -0.1) is 11.6 Å². The zero-order valence-electron chi connectivity index (χ0n) is 9.92. The van der Waals surface area contributed by atoms with Crippen molar-refractivity contribution in [2.75, 3.05) is 18.2 Å². The molecule has 0 radical (unpaired) electrons. The fraction of sp³-hybridized carbons (Fsp3) is 0.417. The lowest BCUT2D eigenvalue weighted by atomic mass is 10.2. The molecule has 1 aromatic rings. The Balaban J connectivity index is 2.80. The van der Waals surface area contributed by atoms with Gasteiger partial charge in [0.15, 0.2) is 0 Å². The molecule has 0 aromatic heterocycles. The summed E-state index contributed by atoms with van der Waals surface area (Å²) in [6, 6.07) is 11.1. The third-order valence-electron chi connectivity index (χ3n) is 2.38. The Morgan fingerprint density at radius 2 is 1.94 bits per heavy atom. The molecule has 0 saturated heterocycles. The summed E-state index contributed by atoms with van der Waals surface area (Å²) in [6.45, 7) is 0.0819. The van der Waals surface area contributed by atoms with E-state index in [4.69, 9.17) is 16.9 Å². The summed E-state index contributed by atoms with van der Waals surface area (Å²) in [5.74, 6) is 0.274. The fourth-order valence-electron chi connectivity index (χ4n) is 1.48.